The molecule has 0 aliphatic heterocycles. The Kier molecular flexibility index (Phi) is 7.08. The fourth-order valence-electron chi connectivity index (χ4n) is 3.56. The summed E-state index contributed by atoms with van der Waals surface area (Å²) in [6.07, 6.45) is -2.94. The van der Waals surface area contributed by atoms with Crippen molar-refractivity contribution in [3.05, 3.63) is 66.2 Å². The van der Waals surface area contributed by atoms with Crippen LogP contribution >= 0.6 is 0 Å². The molecule has 2 atom stereocenters. The third kappa shape index (κ3) is 5.04. The van der Waals surface area contributed by atoms with Gasteiger partial charge in [0, 0.05) is 39.0 Å². The van der Waals surface area contributed by atoms with Gasteiger partial charge in [0.1, 0.15) is 5.82 Å². The lowest BCUT2D eigenvalue weighted by atomic mass is 9.98. The lowest BCUT2D eigenvalue weighted by Crippen LogP contribution is -2.45. The monoisotopic (exact) mass is 447 g/mol. The molecule has 0 aliphatic carbocycles. The van der Waals surface area contributed by atoms with Gasteiger partial charge in [0.2, 0.25) is 5.60 Å². The molecule has 0 saturated carbocycles. The Morgan fingerprint density at radius 2 is 1.91 bits per heavy atom. The third-order valence-corrected chi connectivity index (χ3v) is 5.37. The van der Waals surface area contributed by atoms with Crippen molar-refractivity contribution in [3.8, 4) is 0 Å². The molecule has 172 valence electrons. The van der Waals surface area contributed by atoms with Crippen molar-refractivity contribution in [3.63, 3.8) is 0 Å². The molecule has 3 rings (SSSR count). The highest BCUT2D eigenvalue weighted by Crippen LogP contribution is 2.40. The average molecular weight is 448 g/mol. The molecule has 0 amide bonds. The highest BCUT2D eigenvalue weighted by Gasteiger charge is 2.57. The molecule has 0 radical (unpaired) electrons. The van der Waals surface area contributed by atoms with Crippen molar-refractivity contribution >= 4 is 16.7 Å². The Hall–Kier alpha value is -3.07. The number of aliphatic imine (C=N–C) groups is 1. The Bertz CT molecular complexity index is 1080. The van der Waals surface area contributed by atoms with Crippen LogP contribution in [0.15, 0.2) is 59.9 Å². The second kappa shape index (κ2) is 9.60. The predicted molar refractivity (Wildman–Crippen MR) is 119 cm³/mol. The van der Waals surface area contributed by atoms with Gasteiger partial charge in [0.25, 0.3) is 0 Å². The number of hydrogen-bond acceptors (Lipinski definition) is 3. The van der Waals surface area contributed by atoms with Crippen molar-refractivity contribution in [1.29, 1.82) is 0 Å². The van der Waals surface area contributed by atoms with Gasteiger partial charge in [-0.15, -0.1) is 0 Å². The summed E-state index contributed by atoms with van der Waals surface area (Å²) in [4.78, 5) is 7.99. The Balaban J connectivity index is 1.75. The van der Waals surface area contributed by atoms with Gasteiger partial charge in [-0.3, -0.25) is 4.99 Å². The first kappa shape index (κ1) is 23.6. The molecule has 0 spiro atoms. The smallest absolute Gasteiger partial charge is 0.374 e. The van der Waals surface area contributed by atoms with Crippen LogP contribution in [-0.2, 0) is 12.6 Å². The lowest BCUT2D eigenvalue weighted by molar-refractivity contribution is -0.272. The van der Waals surface area contributed by atoms with Gasteiger partial charge in [-0.2, -0.15) is 13.2 Å². The molecule has 1 aromatic heterocycles. The molecule has 9 heteroatoms. The van der Waals surface area contributed by atoms with E-state index in [1.54, 1.807) is 0 Å². The van der Waals surface area contributed by atoms with Crippen molar-refractivity contribution in [2.45, 2.75) is 38.1 Å². The van der Waals surface area contributed by atoms with Gasteiger partial charge >= 0.3 is 6.18 Å². The molecule has 32 heavy (non-hydrogen) atoms. The van der Waals surface area contributed by atoms with Crippen LogP contribution in [0.3, 0.4) is 0 Å². The molecule has 2 unspecified atom stereocenters. The number of benzene rings is 2. The maximum atomic E-state index is 13.7. The summed E-state index contributed by atoms with van der Waals surface area (Å²) in [6.45, 7) is 4.12. The standard InChI is InChI=1S/C23H28F3N5O/c1-4-27-21(30-16(2)18-10-9-17-7-5-6-8-19(17)15-18)29-12-11-22(32,23(24,25)26)20-28-13-14-31(20)3/h5-10,13-16,32H,4,11-12H2,1-3H3,(H2,27,29,30). The number of aromatic nitrogens is 2. The van der Waals surface area contributed by atoms with E-state index in [4.69, 9.17) is 0 Å². The van der Waals surface area contributed by atoms with Gasteiger partial charge in [0.15, 0.2) is 5.96 Å². The number of hydrogen-bond donors (Lipinski definition) is 3. The van der Waals surface area contributed by atoms with Crippen LogP contribution < -0.4 is 10.6 Å². The fraction of sp³-hybridized carbons (Fsp3) is 0.391. The summed E-state index contributed by atoms with van der Waals surface area (Å²) < 4.78 is 42.3. The first-order valence-corrected chi connectivity index (χ1v) is 10.5. The van der Waals surface area contributed by atoms with Crippen molar-refractivity contribution in [2.24, 2.45) is 12.0 Å². The van der Waals surface area contributed by atoms with Crippen LogP contribution in [0, 0.1) is 0 Å². The van der Waals surface area contributed by atoms with Gasteiger partial charge < -0.3 is 20.3 Å². The zero-order valence-electron chi connectivity index (χ0n) is 18.3. The maximum Gasteiger partial charge on any atom is 0.424 e. The number of imidazole rings is 1. The van der Waals surface area contributed by atoms with Gasteiger partial charge in [-0.05, 0) is 36.2 Å². The Morgan fingerprint density at radius 1 is 1.19 bits per heavy atom. The minimum atomic E-state index is -4.88. The molecule has 0 bridgehead atoms. The van der Waals surface area contributed by atoms with Crippen LogP contribution in [0.25, 0.3) is 10.8 Å². The van der Waals surface area contributed by atoms with Crippen molar-refractivity contribution in [1.82, 2.24) is 20.2 Å². The highest BCUT2D eigenvalue weighted by atomic mass is 19.4. The quantitative estimate of drug-likeness (QED) is 0.378. The van der Waals surface area contributed by atoms with Gasteiger partial charge in [-0.25, -0.2) is 4.98 Å². The topological polar surface area (TPSA) is 74.5 Å². The normalized spacial score (nSPS) is 15.4. The second-order valence-corrected chi connectivity index (χ2v) is 7.70. The molecular weight excluding hydrogens is 419 g/mol. The van der Waals surface area contributed by atoms with E-state index in [1.165, 1.54) is 24.0 Å². The van der Waals surface area contributed by atoms with E-state index < -0.39 is 24.0 Å². The largest absolute Gasteiger partial charge is 0.424 e. The van der Waals surface area contributed by atoms with Gasteiger partial charge in [0.05, 0.1) is 6.04 Å². The number of alkyl halides is 3. The van der Waals surface area contributed by atoms with E-state index in [1.807, 2.05) is 50.2 Å². The van der Waals surface area contributed by atoms with Crippen LogP contribution in [0.1, 0.15) is 37.7 Å². The first-order chi connectivity index (χ1) is 15.2. The molecule has 0 aliphatic rings. The summed E-state index contributed by atoms with van der Waals surface area (Å²) in [5.74, 6) is -0.0831. The number of aryl methyl sites for hydroxylation is 1. The molecule has 2 aromatic carbocycles. The zero-order valence-corrected chi connectivity index (χ0v) is 18.3. The van der Waals surface area contributed by atoms with Crippen molar-refractivity contribution < 1.29 is 18.3 Å². The predicted octanol–water partition coefficient (Wildman–Crippen LogP) is 4.03. The molecule has 3 aromatic rings. The van der Waals surface area contributed by atoms with E-state index in [0.29, 0.717) is 12.5 Å². The Morgan fingerprint density at radius 3 is 2.53 bits per heavy atom. The lowest BCUT2D eigenvalue weighted by Gasteiger charge is -2.29. The summed E-state index contributed by atoms with van der Waals surface area (Å²) in [5, 5.41) is 19.0. The molecule has 1 heterocycles. The van der Waals surface area contributed by atoms with E-state index in [-0.39, 0.29) is 12.6 Å². The second-order valence-electron chi connectivity index (χ2n) is 7.70. The number of halogens is 3. The number of fused-ring (bicyclic) bond motifs is 1. The third-order valence-electron chi connectivity index (χ3n) is 5.37. The van der Waals surface area contributed by atoms with Crippen LogP contribution in [0.4, 0.5) is 13.2 Å². The molecule has 6 nitrogen and oxygen atoms in total. The Labute approximate surface area is 185 Å². The SMILES string of the molecule is CCNC(=NCCC(O)(c1nccn1C)C(F)(F)F)NC(C)c1ccc2ccccc2c1. The van der Waals surface area contributed by atoms with Crippen LogP contribution in [0.2, 0.25) is 0 Å². The summed E-state index contributed by atoms with van der Waals surface area (Å²) in [5.41, 5.74) is -2.06. The van der Waals surface area contributed by atoms with E-state index in [0.717, 1.165) is 16.3 Å². The first-order valence-electron chi connectivity index (χ1n) is 10.5. The van der Waals surface area contributed by atoms with Crippen LogP contribution in [-0.4, -0.2) is 39.9 Å². The van der Waals surface area contributed by atoms with Gasteiger partial charge in [-0.1, -0.05) is 36.4 Å². The van der Waals surface area contributed by atoms with Crippen molar-refractivity contribution in [2.75, 3.05) is 13.1 Å². The summed E-state index contributed by atoms with van der Waals surface area (Å²) in [6, 6.07) is 14.0. The fourth-order valence-corrected chi connectivity index (χ4v) is 3.56. The minimum Gasteiger partial charge on any atom is -0.374 e. The van der Waals surface area contributed by atoms with Crippen LogP contribution in [0.5, 0.6) is 0 Å². The number of rotatable bonds is 7. The van der Waals surface area contributed by atoms with E-state index in [2.05, 4.69) is 26.7 Å². The minimum absolute atomic E-state index is 0.131. The summed E-state index contributed by atoms with van der Waals surface area (Å²) >= 11 is 0. The number of aliphatic hydroxyl groups is 1. The highest BCUT2D eigenvalue weighted by molar-refractivity contribution is 5.84. The molecule has 0 fully saturated rings. The maximum absolute atomic E-state index is 13.7. The number of nitrogens with zero attached hydrogens (tertiary/aromatic N) is 3. The molecule has 3 N–H and O–H groups in total. The van der Waals surface area contributed by atoms with E-state index in [9.17, 15) is 18.3 Å². The molecular formula is C23H28F3N5O. The van der Waals surface area contributed by atoms with E-state index >= 15 is 0 Å². The number of nitrogens with one attached hydrogen (secondary N) is 2. The molecule has 0 saturated heterocycles. The summed E-state index contributed by atoms with van der Waals surface area (Å²) in [7, 11) is 1.42. The zero-order chi connectivity index (χ0) is 23.4. The average Bonchev–Trinajstić information content (AvgIpc) is 3.19. The number of guanidine groups is 1.